The van der Waals surface area contributed by atoms with Crippen LogP contribution in [0.25, 0.3) is 0 Å². The van der Waals surface area contributed by atoms with Gasteiger partial charge in [-0.1, -0.05) is 27.0 Å². The summed E-state index contributed by atoms with van der Waals surface area (Å²) in [7, 11) is 0. The van der Waals surface area contributed by atoms with Crippen molar-refractivity contribution < 1.29 is 84.8 Å². The Labute approximate surface area is 159 Å². The predicted molar refractivity (Wildman–Crippen MR) is 60.9 cm³/mol. The molecule has 0 aliphatic heterocycles. The standard InChI is InChI=1S/4Fe.Ni.H4S2.4H2S/c;;;;;1-2;;;;/h;;;;;1-2H2;4*1H2/q;;;;;+2;;;;. The minimum atomic E-state index is 0. The Kier molecular flexibility index (Phi) is 1200. The molecule has 0 N–H and O–H groups in total. The van der Waals surface area contributed by atoms with E-state index in [1.165, 1.54) is 0 Å². The zero-order valence-electron chi connectivity index (χ0n) is 4.78. The second-order valence-electron chi connectivity index (χ2n) is 0. The van der Waals surface area contributed by atoms with Gasteiger partial charge >= 0.3 is 0 Å². The van der Waals surface area contributed by atoms with Crippen LogP contribution in [0.2, 0.25) is 0 Å². The van der Waals surface area contributed by atoms with Crippen LogP contribution < -0.4 is 0 Å². The van der Waals surface area contributed by atoms with E-state index in [4.69, 9.17) is 0 Å². The summed E-state index contributed by atoms with van der Waals surface area (Å²) in [5.74, 6) is 0. The van der Waals surface area contributed by atoms with E-state index >= 15 is 0 Å². The first kappa shape index (κ1) is 105. The topological polar surface area (TPSA) is 0 Å². The minimum Gasteiger partial charge on any atom is -0.813 e. The fourth-order valence-corrected chi connectivity index (χ4v) is 0. The summed E-state index contributed by atoms with van der Waals surface area (Å²) in [5, 5.41) is 0. The largest absolute Gasteiger partial charge is 0.813 e. The molecule has 0 aromatic heterocycles. The molecule has 0 rings (SSSR count). The molecule has 0 nitrogen and oxygen atoms in total. The van der Waals surface area contributed by atoms with Crippen molar-refractivity contribution >= 4 is 77.3 Å². The van der Waals surface area contributed by atoms with E-state index in [0.29, 0.717) is 0 Å². The SMILES string of the molecule is [Fe].[Fe].[Fe].[Fe].[Ni].[SH-].[SH-].[SH2+][SH2+].[SH3+].[SH3+]. The number of hydrogen-bond acceptors (Lipinski definition) is 2. The molecule has 0 saturated heterocycles. The molecule has 0 aliphatic rings. The average Bonchev–Trinajstić information content (AvgIpc) is 1.00. The van der Waals surface area contributed by atoms with Gasteiger partial charge in [-0.15, -0.1) is 0 Å². The van der Waals surface area contributed by atoms with Crippen LogP contribution in [0.5, 0.6) is 0 Å². The molecule has 0 fully saturated rings. The van der Waals surface area contributed by atoms with Crippen LogP contribution in [0.4, 0.5) is 0 Å². The molecule has 0 radical (unpaired) electrons. The number of rotatable bonds is 0. The molecule has 0 amide bonds. The van der Waals surface area contributed by atoms with Crippen molar-refractivity contribution in [2.75, 3.05) is 0 Å². The summed E-state index contributed by atoms with van der Waals surface area (Å²) < 4.78 is 0. The molecule has 11 heteroatoms. The molecular weight excluding hydrogens is 474 g/mol. The molecule has 0 bridgehead atoms. The van der Waals surface area contributed by atoms with Crippen molar-refractivity contribution in [2.45, 2.75) is 0 Å². The molecule has 0 saturated carbocycles. The van der Waals surface area contributed by atoms with Gasteiger partial charge in [0.1, 0.15) is 0 Å². The normalized spacial score (nSPS) is 0.545. The van der Waals surface area contributed by atoms with Crippen LogP contribution in [-0.4, -0.2) is 0 Å². The molecule has 0 spiro atoms. The zero-order valence-corrected chi connectivity index (χ0v) is 16.3. The van der Waals surface area contributed by atoms with Gasteiger partial charge in [0, 0.05) is 84.8 Å². The maximum atomic E-state index is 2.78. The third-order valence-electron chi connectivity index (χ3n) is 0. The fourth-order valence-electron chi connectivity index (χ4n) is 0. The summed E-state index contributed by atoms with van der Waals surface area (Å²) in [4.78, 5) is 0. The Balaban J connectivity index is -0.000000000139. The van der Waals surface area contributed by atoms with Crippen LogP contribution in [0.3, 0.4) is 0 Å². The summed E-state index contributed by atoms with van der Waals surface area (Å²) in [6.07, 6.45) is 0. The van der Waals surface area contributed by atoms with Crippen molar-refractivity contribution in [1.82, 2.24) is 0 Å². The fraction of sp³-hybridized carbons (Fsp3) is 0. The van der Waals surface area contributed by atoms with Crippen LogP contribution in [0, 0.1) is 0 Å². The average molecular weight is 487 g/mol. The number of thiol groups is 2. The Morgan fingerprint density at radius 3 is 0.545 bits per heavy atom. The molecule has 0 unspecified atom stereocenters. The van der Waals surface area contributed by atoms with E-state index in [-0.39, 0.29) is 139 Å². The Morgan fingerprint density at radius 2 is 0.545 bits per heavy atom. The quantitative estimate of drug-likeness (QED) is 0.116. The molecule has 0 aromatic carbocycles. The van der Waals surface area contributed by atoms with E-state index in [1.54, 1.807) is 0 Å². The second kappa shape index (κ2) is 126. The Bertz CT molecular complexity index is 14.5. The molecular formula is H12Fe4NiS6+2. The predicted octanol–water partition coefficient (Wildman–Crippen LogP) is -3.24. The van der Waals surface area contributed by atoms with Crippen LogP contribution in [0.15, 0.2) is 0 Å². The molecule has 11 heavy (non-hydrogen) atoms. The Hall–Kier alpha value is 4.67. The second-order valence-corrected chi connectivity index (χ2v) is 0. The summed E-state index contributed by atoms with van der Waals surface area (Å²) in [6.45, 7) is 0. The monoisotopic (exact) mass is 486 g/mol. The van der Waals surface area contributed by atoms with Crippen molar-refractivity contribution in [2.24, 2.45) is 0 Å². The van der Waals surface area contributed by atoms with Gasteiger partial charge < -0.3 is 27.0 Å². The van der Waals surface area contributed by atoms with E-state index in [9.17, 15) is 0 Å². The molecule has 0 aliphatic carbocycles. The maximum absolute atomic E-state index is 2.78. The van der Waals surface area contributed by atoms with Gasteiger partial charge in [-0.05, 0) is 0 Å². The summed E-state index contributed by atoms with van der Waals surface area (Å²) in [6, 6.07) is 0. The number of hydrogen-bond donors (Lipinski definition) is 0. The van der Waals surface area contributed by atoms with Gasteiger partial charge in [0.05, 0.1) is 0 Å². The van der Waals surface area contributed by atoms with Gasteiger partial charge in [0.15, 0.2) is 23.3 Å². The maximum Gasteiger partial charge on any atom is 0.163 e. The van der Waals surface area contributed by atoms with Crippen molar-refractivity contribution in [3.8, 4) is 0 Å². The zero-order chi connectivity index (χ0) is 2.00. The third-order valence-corrected chi connectivity index (χ3v) is 0. The van der Waals surface area contributed by atoms with Gasteiger partial charge in [0.25, 0.3) is 0 Å². The van der Waals surface area contributed by atoms with Gasteiger partial charge in [-0.3, -0.25) is 0 Å². The van der Waals surface area contributed by atoms with Crippen molar-refractivity contribution in [1.29, 1.82) is 0 Å². The van der Waals surface area contributed by atoms with Crippen LogP contribution in [-0.2, 0) is 162 Å². The smallest absolute Gasteiger partial charge is 0.163 e. The molecule has 0 heterocycles. The van der Waals surface area contributed by atoms with E-state index in [1.807, 2.05) is 0 Å². The van der Waals surface area contributed by atoms with E-state index in [0.717, 1.165) is 0 Å². The van der Waals surface area contributed by atoms with Gasteiger partial charge in [0.2, 0.25) is 0 Å². The van der Waals surface area contributed by atoms with E-state index in [2.05, 4.69) is 23.3 Å². The van der Waals surface area contributed by atoms with Gasteiger partial charge in [-0.2, -0.15) is 0 Å². The Morgan fingerprint density at radius 1 is 0.545 bits per heavy atom. The van der Waals surface area contributed by atoms with Gasteiger partial charge in [-0.25, -0.2) is 0 Å². The van der Waals surface area contributed by atoms with E-state index < -0.39 is 0 Å². The first-order chi connectivity index (χ1) is 1.00. The molecule has 88 valence electrons. The minimum absolute atomic E-state index is 0. The molecule has 0 aromatic rings. The van der Waals surface area contributed by atoms with Crippen molar-refractivity contribution in [3.63, 3.8) is 0 Å². The first-order valence-corrected chi connectivity index (χ1v) is 2.25. The van der Waals surface area contributed by atoms with Crippen molar-refractivity contribution in [3.05, 3.63) is 0 Å². The van der Waals surface area contributed by atoms with Crippen LogP contribution >= 0.6 is 0 Å². The van der Waals surface area contributed by atoms with Crippen LogP contribution in [0.1, 0.15) is 0 Å². The summed E-state index contributed by atoms with van der Waals surface area (Å²) >= 11 is 5.56. The summed E-state index contributed by atoms with van der Waals surface area (Å²) in [5.41, 5.74) is 0. The third kappa shape index (κ3) is 108. The molecule has 0 atom stereocenters. The first-order valence-electron chi connectivity index (χ1n) is 0.250.